The lowest BCUT2D eigenvalue weighted by Gasteiger charge is -2.25. The van der Waals surface area contributed by atoms with Gasteiger partial charge in [0.2, 0.25) is 5.91 Å². The molecule has 3 rings (SSSR count). The van der Waals surface area contributed by atoms with Crippen molar-refractivity contribution in [3.8, 4) is 0 Å². The van der Waals surface area contributed by atoms with E-state index in [1.54, 1.807) is 0 Å². The zero-order valence-corrected chi connectivity index (χ0v) is 15.8. The Morgan fingerprint density at radius 3 is 2.50 bits per heavy atom. The first-order chi connectivity index (χ1) is 12.5. The number of fused-ring (bicyclic) bond motifs is 1. The molecule has 1 atom stereocenters. The van der Waals surface area contributed by atoms with Crippen LogP contribution >= 0.6 is 0 Å². The van der Waals surface area contributed by atoms with Crippen molar-refractivity contribution >= 4 is 16.8 Å². The topological polar surface area (TPSA) is 37.3 Å². The molecule has 0 saturated heterocycles. The van der Waals surface area contributed by atoms with E-state index in [9.17, 15) is 4.79 Å². The monoisotopic (exact) mass is 349 g/mol. The first kappa shape index (κ1) is 18.2. The second-order valence-corrected chi connectivity index (χ2v) is 7.04. The highest BCUT2D eigenvalue weighted by Gasteiger charge is 2.15. The Bertz CT molecular complexity index is 867. The number of likely N-dealkylation sites (N-methyl/N-ethyl adjacent to an activating group) is 1. The Balaban J connectivity index is 1.62. The van der Waals surface area contributed by atoms with Gasteiger partial charge in [-0.2, -0.15) is 0 Å². The standard InChI is InChI=1S/C22H27N3O/c1-17-13-19-11-7-8-12-21(19)25(17)16-22(26)23-15-20(24(2)3)14-18-9-5-4-6-10-18/h4-13,20H,14-16H2,1-3H3,(H,23,26). The lowest BCUT2D eigenvalue weighted by molar-refractivity contribution is -0.121. The van der Waals surface area contributed by atoms with Crippen molar-refractivity contribution in [3.05, 3.63) is 71.9 Å². The maximum atomic E-state index is 12.5. The van der Waals surface area contributed by atoms with Crippen LogP contribution in [0.5, 0.6) is 0 Å². The van der Waals surface area contributed by atoms with Crippen LogP contribution in [0, 0.1) is 6.92 Å². The lowest BCUT2D eigenvalue weighted by Crippen LogP contribution is -2.42. The Morgan fingerprint density at radius 1 is 1.08 bits per heavy atom. The average Bonchev–Trinajstić information content (AvgIpc) is 2.95. The van der Waals surface area contributed by atoms with E-state index in [1.807, 2.05) is 25.1 Å². The number of amides is 1. The molecule has 4 heteroatoms. The molecule has 1 N–H and O–H groups in total. The summed E-state index contributed by atoms with van der Waals surface area (Å²) >= 11 is 0. The van der Waals surface area contributed by atoms with Crippen molar-refractivity contribution in [2.75, 3.05) is 20.6 Å². The summed E-state index contributed by atoms with van der Waals surface area (Å²) in [7, 11) is 4.12. The maximum Gasteiger partial charge on any atom is 0.240 e. The highest BCUT2D eigenvalue weighted by atomic mass is 16.1. The van der Waals surface area contributed by atoms with Crippen LogP contribution in [0.4, 0.5) is 0 Å². The number of carbonyl (C=O) groups excluding carboxylic acids is 1. The van der Waals surface area contributed by atoms with Crippen molar-refractivity contribution in [1.82, 2.24) is 14.8 Å². The molecular weight excluding hydrogens is 322 g/mol. The molecule has 0 aliphatic carbocycles. The molecule has 136 valence electrons. The van der Waals surface area contributed by atoms with Gasteiger partial charge in [0.05, 0.1) is 0 Å². The molecule has 26 heavy (non-hydrogen) atoms. The van der Waals surface area contributed by atoms with Crippen LogP contribution in [0.1, 0.15) is 11.3 Å². The fraction of sp³-hybridized carbons (Fsp3) is 0.318. The predicted octanol–water partition coefficient (Wildman–Crippen LogP) is 3.24. The summed E-state index contributed by atoms with van der Waals surface area (Å²) in [5, 5.41) is 4.29. The summed E-state index contributed by atoms with van der Waals surface area (Å²) < 4.78 is 2.08. The smallest absolute Gasteiger partial charge is 0.240 e. The molecule has 1 unspecified atom stereocenters. The molecular formula is C22H27N3O. The second-order valence-electron chi connectivity index (χ2n) is 7.04. The van der Waals surface area contributed by atoms with E-state index < -0.39 is 0 Å². The Labute approximate surface area is 155 Å². The van der Waals surface area contributed by atoms with Crippen LogP contribution in [-0.2, 0) is 17.8 Å². The summed E-state index contributed by atoms with van der Waals surface area (Å²) in [5.74, 6) is 0.0503. The molecule has 0 aliphatic heterocycles. The number of nitrogens with one attached hydrogen (secondary N) is 1. The number of para-hydroxylation sites is 1. The molecule has 0 bridgehead atoms. The third-order valence-corrected chi connectivity index (χ3v) is 4.90. The van der Waals surface area contributed by atoms with Crippen LogP contribution in [0.25, 0.3) is 10.9 Å². The Hall–Kier alpha value is -2.59. The van der Waals surface area contributed by atoms with Gasteiger partial charge in [-0.15, -0.1) is 0 Å². The number of aromatic nitrogens is 1. The zero-order chi connectivity index (χ0) is 18.5. The minimum absolute atomic E-state index is 0.0503. The third-order valence-electron chi connectivity index (χ3n) is 4.90. The molecule has 1 amide bonds. The van der Waals surface area contributed by atoms with Crippen molar-refractivity contribution in [2.24, 2.45) is 0 Å². The first-order valence-corrected chi connectivity index (χ1v) is 9.06. The summed E-state index contributed by atoms with van der Waals surface area (Å²) in [4.78, 5) is 14.7. The molecule has 0 aliphatic rings. The van der Waals surface area contributed by atoms with Gasteiger partial charge in [-0.1, -0.05) is 48.5 Å². The molecule has 2 aromatic carbocycles. The molecule has 0 fully saturated rings. The maximum absolute atomic E-state index is 12.5. The predicted molar refractivity (Wildman–Crippen MR) is 107 cm³/mol. The van der Waals surface area contributed by atoms with Gasteiger partial charge in [0.1, 0.15) is 6.54 Å². The first-order valence-electron chi connectivity index (χ1n) is 9.06. The fourth-order valence-electron chi connectivity index (χ4n) is 3.31. The largest absolute Gasteiger partial charge is 0.353 e. The molecule has 0 saturated carbocycles. The Kier molecular flexibility index (Phi) is 5.74. The molecule has 1 heterocycles. The van der Waals surface area contributed by atoms with E-state index in [2.05, 4.69) is 71.3 Å². The quantitative estimate of drug-likeness (QED) is 0.711. The number of aryl methyl sites for hydroxylation is 1. The van der Waals surface area contributed by atoms with E-state index in [-0.39, 0.29) is 11.9 Å². The van der Waals surface area contributed by atoms with Gasteiger partial charge in [0.15, 0.2) is 0 Å². The molecule has 3 aromatic rings. The number of benzene rings is 2. The van der Waals surface area contributed by atoms with Gasteiger partial charge in [0.25, 0.3) is 0 Å². The van der Waals surface area contributed by atoms with E-state index in [4.69, 9.17) is 0 Å². The summed E-state index contributed by atoms with van der Waals surface area (Å²) in [6.07, 6.45) is 0.916. The minimum Gasteiger partial charge on any atom is -0.353 e. The normalized spacial score (nSPS) is 12.5. The third kappa shape index (κ3) is 4.33. The SMILES string of the molecule is Cc1cc2ccccc2n1CC(=O)NCC(Cc1ccccc1)N(C)C. The van der Waals surface area contributed by atoms with E-state index in [0.29, 0.717) is 13.1 Å². The van der Waals surface area contributed by atoms with E-state index in [1.165, 1.54) is 10.9 Å². The number of hydrogen-bond donors (Lipinski definition) is 1. The Morgan fingerprint density at radius 2 is 1.77 bits per heavy atom. The summed E-state index contributed by atoms with van der Waals surface area (Å²) in [5.41, 5.74) is 3.50. The van der Waals surface area contributed by atoms with Crippen molar-refractivity contribution in [2.45, 2.75) is 25.9 Å². The molecule has 0 radical (unpaired) electrons. The second kappa shape index (κ2) is 8.19. The molecule has 1 aromatic heterocycles. The number of hydrogen-bond acceptors (Lipinski definition) is 2. The highest BCUT2D eigenvalue weighted by molar-refractivity contribution is 5.84. The van der Waals surface area contributed by atoms with Crippen molar-refractivity contribution in [1.29, 1.82) is 0 Å². The van der Waals surface area contributed by atoms with Crippen molar-refractivity contribution < 1.29 is 4.79 Å². The van der Waals surface area contributed by atoms with Crippen LogP contribution in [0.3, 0.4) is 0 Å². The van der Waals surface area contributed by atoms with E-state index in [0.717, 1.165) is 17.6 Å². The average molecular weight is 349 g/mol. The zero-order valence-electron chi connectivity index (χ0n) is 15.8. The summed E-state index contributed by atoms with van der Waals surface area (Å²) in [6, 6.07) is 21.0. The molecule has 4 nitrogen and oxygen atoms in total. The van der Waals surface area contributed by atoms with E-state index >= 15 is 0 Å². The highest BCUT2D eigenvalue weighted by Crippen LogP contribution is 2.18. The number of carbonyl (C=O) groups is 1. The lowest BCUT2D eigenvalue weighted by atomic mass is 10.1. The number of nitrogens with zero attached hydrogens (tertiary/aromatic N) is 2. The summed E-state index contributed by atoms with van der Waals surface area (Å²) in [6.45, 7) is 3.04. The van der Waals surface area contributed by atoms with Gasteiger partial charge >= 0.3 is 0 Å². The number of rotatable bonds is 7. The molecule has 0 spiro atoms. The van der Waals surface area contributed by atoms with Gasteiger partial charge in [-0.05, 0) is 50.5 Å². The minimum atomic E-state index is 0.0503. The van der Waals surface area contributed by atoms with Gasteiger partial charge in [-0.25, -0.2) is 0 Å². The van der Waals surface area contributed by atoms with Gasteiger partial charge in [0, 0.05) is 23.8 Å². The van der Waals surface area contributed by atoms with Crippen LogP contribution in [0.2, 0.25) is 0 Å². The fourth-order valence-corrected chi connectivity index (χ4v) is 3.31. The van der Waals surface area contributed by atoms with Crippen molar-refractivity contribution in [3.63, 3.8) is 0 Å². The van der Waals surface area contributed by atoms with Gasteiger partial charge in [-0.3, -0.25) is 4.79 Å². The van der Waals surface area contributed by atoms with Crippen LogP contribution < -0.4 is 5.32 Å². The van der Waals surface area contributed by atoms with Crippen LogP contribution in [-0.4, -0.2) is 42.1 Å². The van der Waals surface area contributed by atoms with Crippen LogP contribution in [0.15, 0.2) is 60.7 Å². The van der Waals surface area contributed by atoms with Gasteiger partial charge < -0.3 is 14.8 Å².